The van der Waals surface area contributed by atoms with E-state index in [2.05, 4.69) is 15.5 Å². The number of methoxy groups -OCH3 is 1. The summed E-state index contributed by atoms with van der Waals surface area (Å²) in [6.07, 6.45) is 4.94. The first-order valence-electron chi connectivity index (χ1n) is 6.27. The second-order valence-electron chi connectivity index (χ2n) is 4.63. The first-order chi connectivity index (χ1) is 9.60. The van der Waals surface area contributed by atoms with Crippen LogP contribution in [0.5, 0.6) is 5.75 Å². The third-order valence-electron chi connectivity index (χ3n) is 3.06. The van der Waals surface area contributed by atoms with Crippen molar-refractivity contribution in [1.29, 1.82) is 0 Å². The van der Waals surface area contributed by atoms with E-state index in [-0.39, 0.29) is 12.1 Å². The van der Waals surface area contributed by atoms with Crippen molar-refractivity contribution in [3.05, 3.63) is 40.9 Å². The van der Waals surface area contributed by atoms with Gasteiger partial charge in [0.1, 0.15) is 5.69 Å². The summed E-state index contributed by atoms with van der Waals surface area (Å²) < 4.78 is 7.24. The molecule has 0 aliphatic heterocycles. The molecule has 20 heavy (non-hydrogen) atoms. The summed E-state index contributed by atoms with van der Waals surface area (Å²) in [6, 6.07) is 1.67. The number of nitrogens with two attached hydrogens (primary N) is 1. The fraction of sp³-hybridized carbons (Fsp3) is 0.385. The van der Waals surface area contributed by atoms with Crippen LogP contribution in [-0.2, 0) is 0 Å². The minimum Gasteiger partial charge on any atom is -0.493 e. The molecule has 0 aliphatic carbocycles. The fourth-order valence-corrected chi connectivity index (χ4v) is 2.36. The summed E-state index contributed by atoms with van der Waals surface area (Å²) in [5.41, 5.74) is 4.43. The topological polar surface area (TPSA) is 78.0 Å². The molecule has 3 N–H and O–H groups in total. The molecular formula is C13H18ClN5O. The number of halogens is 1. The number of hydrazine groups is 1. The predicted octanol–water partition coefficient (Wildman–Crippen LogP) is 2.07. The molecule has 0 aromatic carbocycles. The Morgan fingerprint density at radius 2 is 2.15 bits per heavy atom. The van der Waals surface area contributed by atoms with E-state index in [9.17, 15) is 0 Å². The van der Waals surface area contributed by atoms with Gasteiger partial charge in [0.15, 0.2) is 5.75 Å². The summed E-state index contributed by atoms with van der Waals surface area (Å²) in [4.78, 5) is 3.99. The minimum atomic E-state index is -0.328. The largest absolute Gasteiger partial charge is 0.493 e. The van der Waals surface area contributed by atoms with E-state index in [0.717, 1.165) is 11.3 Å². The normalized spacial score (nSPS) is 12.7. The van der Waals surface area contributed by atoms with Crippen LogP contribution in [0.2, 0.25) is 5.02 Å². The Hall–Kier alpha value is -1.63. The molecule has 108 valence electrons. The van der Waals surface area contributed by atoms with Crippen LogP contribution in [0.25, 0.3) is 0 Å². The van der Waals surface area contributed by atoms with Crippen molar-refractivity contribution in [3.8, 4) is 5.75 Å². The summed E-state index contributed by atoms with van der Waals surface area (Å²) in [6.45, 7) is 4.08. The molecule has 0 bridgehead atoms. The number of nitrogens with one attached hydrogen (secondary N) is 1. The molecule has 0 saturated carbocycles. The maximum absolute atomic E-state index is 6.21. The third kappa shape index (κ3) is 2.63. The molecule has 0 spiro atoms. The van der Waals surface area contributed by atoms with Gasteiger partial charge in [-0.1, -0.05) is 11.6 Å². The molecule has 0 fully saturated rings. The number of nitrogens with zero attached hydrogens (tertiary/aromatic N) is 3. The van der Waals surface area contributed by atoms with Gasteiger partial charge in [-0.25, -0.2) is 5.43 Å². The molecule has 2 rings (SSSR count). The van der Waals surface area contributed by atoms with Gasteiger partial charge in [-0.2, -0.15) is 5.10 Å². The molecule has 0 amide bonds. The van der Waals surface area contributed by atoms with Crippen LogP contribution < -0.4 is 16.0 Å². The Morgan fingerprint density at radius 1 is 1.40 bits per heavy atom. The monoisotopic (exact) mass is 295 g/mol. The van der Waals surface area contributed by atoms with Gasteiger partial charge in [0.2, 0.25) is 0 Å². The lowest BCUT2D eigenvalue weighted by molar-refractivity contribution is 0.394. The van der Waals surface area contributed by atoms with Crippen molar-refractivity contribution >= 4 is 11.6 Å². The Labute approximate surface area is 122 Å². The van der Waals surface area contributed by atoms with E-state index in [0.29, 0.717) is 10.8 Å². The second kappa shape index (κ2) is 6.21. The summed E-state index contributed by atoms with van der Waals surface area (Å²) in [5.74, 6) is 6.39. The highest BCUT2D eigenvalue weighted by molar-refractivity contribution is 6.31. The van der Waals surface area contributed by atoms with Gasteiger partial charge in [-0.15, -0.1) is 0 Å². The van der Waals surface area contributed by atoms with Crippen LogP contribution in [0.15, 0.2) is 24.7 Å². The molecule has 0 saturated heterocycles. The highest BCUT2D eigenvalue weighted by Crippen LogP contribution is 2.33. The zero-order valence-corrected chi connectivity index (χ0v) is 12.4. The molecule has 6 nitrogen and oxygen atoms in total. The smallest absolute Gasteiger partial charge is 0.161 e. The number of rotatable bonds is 5. The Balaban J connectivity index is 2.57. The van der Waals surface area contributed by atoms with Crippen LogP contribution in [0.1, 0.15) is 37.2 Å². The lowest BCUT2D eigenvalue weighted by atomic mass is 10.0. The van der Waals surface area contributed by atoms with Gasteiger partial charge in [0.05, 0.1) is 24.4 Å². The number of hydrogen-bond acceptors (Lipinski definition) is 5. The summed E-state index contributed by atoms with van der Waals surface area (Å²) in [5, 5.41) is 4.88. The van der Waals surface area contributed by atoms with Gasteiger partial charge >= 0.3 is 0 Å². The van der Waals surface area contributed by atoms with E-state index in [1.807, 2.05) is 24.6 Å². The average Bonchev–Trinajstić information content (AvgIpc) is 2.86. The molecule has 1 atom stereocenters. The standard InChI is InChI=1S/C13H18ClN5O/c1-8(2)19-13(11(20-3)7-17-19)12(18-15)9-4-5-16-6-10(9)14/h4-8,12,18H,15H2,1-3H3. The van der Waals surface area contributed by atoms with Crippen molar-refractivity contribution in [2.24, 2.45) is 5.84 Å². The van der Waals surface area contributed by atoms with Gasteiger partial charge in [0.25, 0.3) is 0 Å². The zero-order chi connectivity index (χ0) is 14.7. The maximum Gasteiger partial charge on any atom is 0.161 e. The summed E-state index contributed by atoms with van der Waals surface area (Å²) >= 11 is 6.21. The highest BCUT2D eigenvalue weighted by atomic mass is 35.5. The zero-order valence-electron chi connectivity index (χ0n) is 11.7. The molecule has 2 aromatic heterocycles. The van der Waals surface area contributed by atoms with Crippen molar-refractivity contribution in [2.75, 3.05) is 7.11 Å². The van der Waals surface area contributed by atoms with E-state index in [1.165, 1.54) is 0 Å². The third-order valence-corrected chi connectivity index (χ3v) is 3.38. The summed E-state index contributed by atoms with van der Waals surface area (Å²) in [7, 11) is 1.60. The van der Waals surface area contributed by atoms with Gasteiger partial charge < -0.3 is 4.74 Å². The molecule has 1 unspecified atom stereocenters. The van der Waals surface area contributed by atoms with Crippen LogP contribution >= 0.6 is 11.6 Å². The van der Waals surface area contributed by atoms with Gasteiger partial charge in [-0.3, -0.25) is 15.5 Å². The number of aromatic nitrogens is 3. The second-order valence-corrected chi connectivity index (χ2v) is 5.04. The maximum atomic E-state index is 6.21. The van der Waals surface area contributed by atoms with Gasteiger partial charge in [-0.05, 0) is 25.5 Å². The molecule has 0 radical (unpaired) electrons. The van der Waals surface area contributed by atoms with Crippen LogP contribution in [0.4, 0.5) is 0 Å². The fourth-order valence-electron chi connectivity index (χ4n) is 2.14. The van der Waals surface area contributed by atoms with Crippen molar-refractivity contribution in [1.82, 2.24) is 20.2 Å². The minimum absolute atomic E-state index is 0.172. The Kier molecular flexibility index (Phi) is 4.59. The first kappa shape index (κ1) is 14.8. The first-order valence-corrected chi connectivity index (χ1v) is 6.64. The number of ether oxygens (including phenoxy) is 1. The predicted molar refractivity (Wildman–Crippen MR) is 77.6 cm³/mol. The average molecular weight is 296 g/mol. The van der Waals surface area contributed by atoms with Crippen LogP contribution in [0.3, 0.4) is 0 Å². The van der Waals surface area contributed by atoms with E-state index < -0.39 is 0 Å². The van der Waals surface area contributed by atoms with Crippen molar-refractivity contribution in [3.63, 3.8) is 0 Å². The van der Waals surface area contributed by atoms with Crippen molar-refractivity contribution < 1.29 is 4.74 Å². The highest BCUT2D eigenvalue weighted by Gasteiger charge is 2.25. The van der Waals surface area contributed by atoms with E-state index in [4.69, 9.17) is 22.2 Å². The molecular weight excluding hydrogens is 278 g/mol. The number of pyridine rings is 1. The van der Waals surface area contributed by atoms with Crippen molar-refractivity contribution in [2.45, 2.75) is 25.9 Å². The molecule has 2 heterocycles. The van der Waals surface area contributed by atoms with Crippen LogP contribution in [0, 0.1) is 0 Å². The quantitative estimate of drug-likeness (QED) is 0.652. The molecule has 2 aromatic rings. The Bertz CT molecular complexity index is 584. The SMILES string of the molecule is COc1cnn(C(C)C)c1C(NN)c1ccncc1Cl. The van der Waals surface area contributed by atoms with Gasteiger partial charge in [0, 0.05) is 18.4 Å². The lowest BCUT2D eigenvalue weighted by Gasteiger charge is -2.21. The van der Waals surface area contributed by atoms with E-state index in [1.54, 1.807) is 25.7 Å². The molecule has 0 aliphatic rings. The molecule has 7 heteroatoms. The number of hydrogen-bond donors (Lipinski definition) is 2. The lowest BCUT2D eigenvalue weighted by Crippen LogP contribution is -2.31. The van der Waals surface area contributed by atoms with E-state index >= 15 is 0 Å². The Morgan fingerprint density at radius 3 is 2.70 bits per heavy atom. The van der Waals surface area contributed by atoms with Crippen LogP contribution in [-0.4, -0.2) is 21.9 Å².